The molecule has 1 fully saturated rings. The van der Waals surface area contributed by atoms with Gasteiger partial charge < -0.3 is 15.0 Å². The smallest absolute Gasteiger partial charge is 0.259 e. The molecule has 7 heteroatoms. The van der Waals surface area contributed by atoms with Crippen molar-refractivity contribution < 1.29 is 14.3 Å². The van der Waals surface area contributed by atoms with Gasteiger partial charge in [-0.2, -0.15) is 0 Å². The molecule has 3 aromatic rings. The summed E-state index contributed by atoms with van der Waals surface area (Å²) in [4.78, 5) is 36.4. The van der Waals surface area contributed by atoms with Crippen molar-refractivity contribution >= 4 is 17.5 Å². The van der Waals surface area contributed by atoms with Crippen LogP contribution in [0.1, 0.15) is 45.3 Å². The maximum absolute atomic E-state index is 12.8. The van der Waals surface area contributed by atoms with Gasteiger partial charge in [0.2, 0.25) is 5.91 Å². The van der Waals surface area contributed by atoms with E-state index in [4.69, 9.17) is 4.74 Å². The van der Waals surface area contributed by atoms with Crippen LogP contribution in [0.25, 0.3) is 0 Å². The van der Waals surface area contributed by atoms with E-state index in [1.807, 2.05) is 43.0 Å². The Morgan fingerprint density at radius 1 is 1.15 bits per heavy atom. The Labute approximate surface area is 193 Å². The predicted molar refractivity (Wildman–Crippen MR) is 127 cm³/mol. The van der Waals surface area contributed by atoms with Crippen LogP contribution < -0.4 is 10.1 Å². The summed E-state index contributed by atoms with van der Waals surface area (Å²) in [5, 5.41) is 2.86. The first-order chi connectivity index (χ1) is 15.9. The van der Waals surface area contributed by atoms with Gasteiger partial charge in [-0.25, -0.2) is 9.97 Å². The fourth-order valence-corrected chi connectivity index (χ4v) is 4.08. The van der Waals surface area contributed by atoms with E-state index in [9.17, 15) is 9.59 Å². The molecule has 0 saturated carbocycles. The van der Waals surface area contributed by atoms with Crippen molar-refractivity contribution in [1.82, 2.24) is 14.9 Å². The van der Waals surface area contributed by atoms with Gasteiger partial charge >= 0.3 is 0 Å². The van der Waals surface area contributed by atoms with E-state index >= 15 is 0 Å². The van der Waals surface area contributed by atoms with Gasteiger partial charge in [0.1, 0.15) is 11.6 Å². The molecule has 2 aromatic carbocycles. The minimum atomic E-state index is -0.259. The van der Waals surface area contributed by atoms with E-state index in [0.29, 0.717) is 42.3 Å². The fraction of sp³-hybridized carbons (Fsp3) is 0.308. The van der Waals surface area contributed by atoms with E-state index in [2.05, 4.69) is 15.3 Å². The molecule has 1 saturated heterocycles. The lowest BCUT2D eigenvalue weighted by Gasteiger charge is -2.17. The van der Waals surface area contributed by atoms with Crippen molar-refractivity contribution in [3.8, 4) is 5.75 Å². The van der Waals surface area contributed by atoms with Crippen LogP contribution in [-0.4, -0.2) is 46.9 Å². The highest BCUT2D eigenvalue weighted by atomic mass is 16.5. The molecule has 33 heavy (non-hydrogen) atoms. The summed E-state index contributed by atoms with van der Waals surface area (Å²) in [6.45, 7) is 5.13. The molecule has 0 radical (unpaired) electrons. The molecule has 0 spiro atoms. The number of carbonyl (C=O) groups is 2. The van der Waals surface area contributed by atoms with Crippen molar-refractivity contribution in [2.45, 2.75) is 32.6 Å². The molecule has 170 valence electrons. The first kappa shape index (κ1) is 22.5. The van der Waals surface area contributed by atoms with Crippen LogP contribution in [0.4, 0.5) is 5.69 Å². The number of rotatable bonds is 6. The number of likely N-dealkylation sites (tertiary alicyclic amines) is 1. The third-order valence-corrected chi connectivity index (χ3v) is 5.93. The first-order valence-electron chi connectivity index (χ1n) is 11.0. The topological polar surface area (TPSA) is 84.4 Å². The number of ether oxygens (including phenoxy) is 1. The Kier molecular flexibility index (Phi) is 6.68. The molecule has 7 nitrogen and oxygen atoms in total. The molecule has 0 aliphatic carbocycles. The van der Waals surface area contributed by atoms with Crippen LogP contribution in [0.15, 0.2) is 54.7 Å². The minimum absolute atomic E-state index is 0.0730. The third kappa shape index (κ3) is 5.37. The number of anilines is 1. The van der Waals surface area contributed by atoms with Gasteiger partial charge in [0, 0.05) is 30.9 Å². The second-order valence-electron chi connectivity index (χ2n) is 8.40. The summed E-state index contributed by atoms with van der Waals surface area (Å²) in [5.74, 6) is 1.34. The summed E-state index contributed by atoms with van der Waals surface area (Å²) in [6, 6.07) is 15.2. The molecule has 4 rings (SSSR count). The van der Waals surface area contributed by atoms with Gasteiger partial charge in [-0.05, 0) is 50.1 Å². The van der Waals surface area contributed by atoms with Crippen LogP contribution in [0, 0.1) is 13.8 Å². The monoisotopic (exact) mass is 444 g/mol. The average molecular weight is 445 g/mol. The lowest BCUT2D eigenvalue weighted by molar-refractivity contribution is -0.129. The largest absolute Gasteiger partial charge is 0.497 e. The number of nitrogens with zero attached hydrogens (tertiary/aromatic N) is 3. The Hall–Kier alpha value is -3.74. The highest BCUT2D eigenvalue weighted by molar-refractivity contribution is 6.04. The number of benzene rings is 2. The number of hydrogen-bond donors (Lipinski definition) is 1. The summed E-state index contributed by atoms with van der Waals surface area (Å²) in [6.07, 6.45) is 2.79. The summed E-state index contributed by atoms with van der Waals surface area (Å²) >= 11 is 0. The van der Waals surface area contributed by atoms with Crippen molar-refractivity contribution in [1.29, 1.82) is 0 Å². The quantitative estimate of drug-likeness (QED) is 0.623. The fourth-order valence-electron chi connectivity index (χ4n) is 4.08. The van der Waals surface area contributed by atoms with Gasteiger partial charge in [0.15, 0.2) is 0 Å². The molecule has 1 aliphatic heterocycles. The molecule has 1 atom stereocenters. The summed E-state index contributed by atoms with van der Waals surface area (Å²) < 4.78 is 5.14. The molecular formula is C26H28N4O3. The number of carbonyl (C=O) groups excluding carboxylic acids is 2. The first-order valence-corrected chi connectivity index (χ1v) is 11.0. The lowest BCUT2D eigenvalue weighted by Crippen LogP contribution is -2.30. The highest BCUT2D eigenvalue weighted by Gasteiger charge is 2.29. The van der Waals surface area contributed by atoms with E-state index in [-0.39, 0.29) is 17.7 Å². The minimum Gasteiger partial charge on any atom is -0.497 e. The van der Waals surface area contributed by atoms with Gasteiger partial charge in [0.25, 0.3) is 5.91 Å². The van der Waals surface area contributed by atoms with Crippen molar-refractivity contribution in [2.75, 3.05) is 25.5 Å². The van der Waals surface area contributed by atoms with E-state index in [1.54, 1.807) is 37.6 Å². The van der Waals surface area contributed by atoms with Crippen LogP contribution in [0.5, 0.6) is 5.75 Å². The van der Waals surface area contributed by atoms with Crippen LogP contribution in [0.2, 0.25) is 0 Å². The number of hydrogen-bond acceptors (Lipinski definition) is 5. The van der Waals surface area contributed by atoms with Crippen molar-refractivity contribution in [3.63, 3.8) is 0 Å². The summed E-state index contributed by atoms with van der Waals surface area (Å²) in [7, 11) is 1.60. The molecule has 1 N–H and O–H groups in total. The zero-order valence-corrected chi connectivity index (χ0v) is 19.2. The molecule has 0 bridgehead atoms. The van der Waals surface area contributed by atoms with E-state index in [0.717, 1.165) is 23.3 Å². The Morgan fingerprint density at radius 2 is 1.94 bits per heavy atom. The maximum Gasteiger partial charge on any atom is 0.259 e. The Bertz CT molecular complexity index is 1160. The van der Waals surface area contributed by atoms with Crippen molar-refractivity contribution in [2.24, 2.45) is 0 Å². The number of aryl methyl sites for hydroxylation is 2. The van der Waals surface area contributed by atoms with E-state index < -0.39 is 0 Å². The summed E-state index contributed by atoms with van der Waals surface area (Å²) in [5.41, 5.74) is 3.90. The molecule has 1 aromatic heterocycles. The molecule has 1 aliphatic rings. The van der Waals surface area contributed by atoms with Gasteiger partial charge in [-0.1, -0.05) is 29.8 Å². The van der Waals surface area contributed by atoms with Gasteiger partial charge in [-0.3, -0.25) is 9.59 Å². The van der Waals surface area contributed by atoms with Crippen LogP contribution in [-0.2, 0) is 11.2 Å². The number of aromatic nitrogens is 2. The standard InChI is InChI=1S/C26H28N4O3/c1-17-5-4-6-19(13-17)14-24(31)30-12-11-20(16-30)25-27-15-23(18(2)28-25)26(32)29-21-7-9-22(33-3)10-8-21/h4-10,13,15,20H,11-12,14,16H2,1-3H3,(H,29,32)/t20-/m0/s1. The SMILES string of the molecule is COc1ccc(NC(=O)c2cnc([C@H]3CCN(C(=O)Cc4cccc(C)c4)C3)nc2C)cc1. The van der Waals surface area contributed by atoms with Gasteiger partial charge in [0.05, 0.1) is 24.8 Å². The highest BCUT2D eigenvalue weighted by Crippen LogP contribution is 2.26. The third-order valence-electron chi connectivity index (χ3n) is 5.93. The maximum atomic E-state index is 12.8. The van der Waals surface area contributed by atoms with Crippen molar-refractivity contribution in [3.05, 3.63) is 82.9 Å². The van der Waals surface area contributed by atoms with Gasteiger partial charge in [-0.15, -0.1) is 0 Å². The second-order valence-corrected chi connectivity index (χ2v) is 8.40. The number of amides is 2. The normalized spacial score (nSPS) is 15.4. The number of nitrogens with one attached hydrogen (secondary N) is 1. The average Bonchev–Trinajstić information content (AvgIpc) is 3.30. The zero-order valence-electron chi connectivity index (χ0n) is 19.2. The second kappa shape index (κ2) is 9.81. The molecular weight excluding hydrogens is 416 g/mol. The molecule has 2 heterocycles. The number of methoxy groups -OCH3 is 1. The van der Waals surface area contributed by atoms with Crippen LogP contribution in [0.3, 0.4) is 0 Å². The molecule has 0 unspecified atom stereocenters. The Balaban J connectivity index is 1.38. The van der Waals surface area contributed by atoms with Crippen LogP contribution >= 0.6 is 0 Å². The zero-order chi connectivity index (χ0) is 23.4. The lowest BCUT2D eigenvalue weighted by atomic mass is 10.1. The Morgan fingerprint density at radius 3 is 2.64 bits per heavy atom. The molecule has 2 amide bonds. The predicted octanol–water partition coefficient (Wildman–Crippen LogP) is 3.91. The van der Waals surface area contributed by atoms with E-state index in [1.165, 1.54) is 0 Å².